The molecular weight excluding hydrogens is 258 g/mol. The standard InChI is InChI=1S/C15H18ClN3/c1-10-2-5-12-14(17-10)19(13(8-16)18-12)9-15(6-7-15)11-3-4-11/h2,5,11H,3-4,6-9H2,1H3. The van der Waals surface area contributed by atoms with Crippen LogP contribution in [0.1, 0.15) is 37.2 Å². The Hall–Kier alpha value is -1.09. The van der Waals surface area contributed by atoms with Gasteiger partial charge in [-0.25, -0.2) is 9.97 Å². The van der Waals surface area contributed by atoms with Crippen LogP contribution in [0.5, 0.6) is 0 Å². The van der Waals surface area contributed by atoms with Crippen LogP contribution in [-0.4, -0.2) is 14.5 Å². The van der Waals surface area contributed by atoms with Gasteiger partial charge >= 0.3 is 0 Å². The molecule has 2 aromatic heterocycles. The SMILES string of the molecule is Cc1ccc2nc(CCl)n(CC3(C4CC4)CC3)c2n1. The Bertz CT molecular complexity index is 638. The topological polar surface area (TPSA) is 30.7 Å². The van der Waals surface area contributed by atoms with Crippen LogP contribution in [0.2, 0.25) is 0 Å². The van der Waals surface area contributed by atoms with Crippen molar-refractivity contribution in [3.05, 3.63) is 23.7 Å². The van der Waals surface area contributed by atoms with Crippen molar-refractivity contribution >= 4 is 22.8 Å². The van der Waals surface area contributed by atoms with E-state index in [0.29, 0.717) is 11.3 Å². The lowest BCUT2D eigenvalue weighted by atomic mass is 10.0. The third-order valence-corrected chi connectivity index (χ3v) is 4.98. The highest BCUT2D eigenvalue weighted by atomic mass is 35.5. The van der Waals surface area contributed by atoms with Crippen molar-refractivity contribution in [2.24, 2.45) is 11.3 Å². The van der Waals surface area contributed by atoms with Gasteiger partial charge in [-0.15, -0.1) is 11.6 Å². The molecule has 0 spiro atoms. The van der Waals surface area contributed by atoms with E-state index in [2.05, 4.69) is 20.6 Å². The van der Waals surface area contributed by atoms with Gasteiger partial charge in [-0.3, -0.25) is 0 Å². The summed E-state index contributed by atoms with van der Waals surface area (Å²) >= 11 is 6.08. The Kier molecular flexibility index (Phi) is 2.44. The number of aromatic nitrogens is 3. The highest BCUT2D eigenvalue weighted by Gasteiger charge is 2.54. The van der Waals surface area contributed by atoms with Crippen LogP contribution in [0.3, 0.4) is 0 Å². The minimum Gasteiger partial charge on any atom is -0.311 e. The Morgan fingerprint density at radius 2 is 2.11 bits per heavy atom. The summed E-state index contributed by atoms with van der Waals surface area (Å²) in [4.78, 5) is 9.31. The third-order valence-electron chi connectivity index (χ3n) is 4.74. The second-order valence-electron chi connectivity index (χ2n) is 6.18. The molecule has 100 valence electrons. The minimum atomic E-state index is 0.468. The first-order valence-electron chi connectivity index (χ1n) is 7.11. The lowest BCUT2D eigenvalue weighted by Crippen LogP contribution is -2.16. The van der Waals surface area contributed by atoms with Crippen molar-refractivity contribution in [1.29, 1.82) is 0 Å². The lowest BCUT2D eigenvalue weighted by Gasteiger charge is -2.16. The average molecular weight is 276 g/mol. The Morgan fingerprint density at radius 1 is 1.32 bits per heavy atom. The van der Waals surface area contributed by atoms with E-state index in [4.69, 9.17) is 11.6 Å². The van der Waals surface area contributed by atoms with E-state index in [1.54, 1.807) is 0 Å². The molecule has 4 rings (SSSR count). The maximum absolute atomic E-state index is 6.08. The van der Waals surface area contributed by atoms with Crippen molar-refractivity contribution in [3.63, 3.8) is 0 Å². The van der Waals surface area contributed by atoms with Gasteiger partial charge in [-0.05, 0) is 56.1 Å². The first-order chi connectivity index (χ1) is 9.22. The summed E-state index contributed by atoms with van der Waals surface area (Å²) in [7, 11) is 0. The maximum Gasteiger partial charge on any atom is 0.160 e. The van der Waals surface area contributed by atoms with E-state index in [0.717, 1.165) is 35.1 Å². The molecule has 2 aliphatic carbocycles. The van der Waals surface area contributed by atoms with E-state index < -0.39 is 0 Å². The summed E-state index contributed by atoms with van der Waals surface area (Å²) < 4.78 is 2.28. The van der Waals surface area contributed by atoms with Gasteiger partial charge in [0, 0.05) is 12.2 Å². The maximum atomic E-state index is 6.08. The third kappa shape index (κ3) is 1.86. The van der Waals surface area contributed by atoms with Gasteiger partial charge in [0.05, 0.1) is 5.88 Å². The average Bonchev–Trinajstić information content (AvgIpc) is 3.28. The molecule has 0 bridgehead atoms. The summed E-state index contributed by atoms with van der Waals surface area (Å²) in [6.07, 6.45) is 5.56. The van der Waals surface area contributed by atoms with Crippen LogP contribution in [0.25, 0.3) is 11.2 Å². The summed E-state index contributed by atoms with van der Waals surface area (Å²) in [5.74, 6) is 2.38. The van der Waals surface area contributed by atoms with Crippen molar-refractivity contribution in [1.82, 2.24) is 14.5 Å². The van der Waals surface area contributed by atoms with E-state index >= 15 is 0 Å². The first kappa shape index (κ1) is 11.7. The Balaban J connectivity index is 1.80. The molecule has 2 aromatic rings. The molecule has 2 saturated carbocycles. The van der Waals surface area contributed by atoms with Gasteiger partial charge < -0.3 is 4.57 Å². The monoisotopic (exact) mass is 275 g/mol. The van der Waals surface area contributed by atoms with Gasteiger partial charge in [0.15, 0.2) is 5.65 Å². The molecule has 19 heavy (non-hydrogen) atoms. The molecule has 0 unspecified atom stereocenters. The number of rotatable bonds is 4. The number of pyridine rings is 1. The first-order valence-corrected chi connectivity index (χ1v) is 7.64. The molecule has 4 heteroatoms. The van der Waals surface area contributed by atoms with Gasteiger partial charge in [0.1, 0.15) is 11.3 Å². The predicted molar refractivity (Wildman–Crippen MR) is 76.2 cm³/mol. The second-order valence-corrected chi connectivity index (χ2v) is 6.45. The van der Waals surface area contributed by atoms with Gasteiger partial charge in [-0.1, -0.05) is 0 Å². The molecule has 0 atom stereocenters. The molecule has 3 nitrogen and oxygen atoms in total. The van der Waals surface area contributed by atoms with Crippen LogP contribution in [0, 0.1) is 18.3 Å². The number of alkyl halides is 1. The summed E-state index contributed by atoms with van der Waals surface area (Å²) in [5.41, 5.74) is 3.58. The number of nitrogens with zero attached hydrogens (tertiary/aromatic N) is 3. The van der Waals surface area contributed by atoms with E-state index in [-0.39, 0.29) is 0 Å². The van der Waals surface area contributed by atoms with E-state index in [9.17, 15) is 0 Å². The smallest absolute Gasteiger partial charge is 0.160 e. The fourth-order valence-corrected chi connectivity index (χ4v) is 3.48. The summed E-state index contributed by atoms with van der Waals surface area (Å²) in [5, 5.41) is 0. The van der Waals surface area contributed by atoms with Crippen LogP contribution < -0.4 is 0 Å². The van der Waals surface area contributed by atoms with Crippen LogP contribution in [-0.2, 0) is 12.4 Å². The zero-order valence-corrected chi connectivity index (χ0v) is 12.0. The van der Waals surface area contributed by atoms with Crippen LogP contribution in [0.4, 0.5) is 0 Å². The lowest BCUT2D eigenvalue weighted by molar-refractivity contribution is 0.370. The number of imidazole rings is 1. The molecule has 0 saturated heterocycles. The molecule has 2 fully saturated rings. The zero-order chi connectivity index (χ0) is 13.0. The van der Waals surface area contributed by atoms with Crippen molar-refractivity contribution in [2.45, 2.75) is 45.0 Å². The number of hydrogen-bond donors (Lipinski definition) is 0. The Labute approximate surface area is 118 Å². The van der Waals surface area contributed by atoms with Crippen molar-refractivity contribution in [2.75, 3.05) is 0 Å². The fourth-order valence-electron chi connectivity index (χ4n) is 3.28. The molecule has 0 radical (unpaired) electrons. The molecule has 2 aliphatic rings. The zero-order valence-electron chi connectivity index (χ0n) is 11.2. The van der Waals surface area contributed by atoms with E-state index in [1.165, 1.54) is 25.7 Å². The predicted octanol–water partition coefficient (Wildman–Crippen LogP) is 3.67. The van der Waals surface area contributed by atoms with Crippen LogP contribution >= 0.6 is 11.6 Å². The highest BCUT2D eigenvalue weighted by Crippen LogP contribution is 2.62. The highest BCUT2D eigenvalue weighted by molar-refractivity contribution is 6.16. The van der Waals surface area contributed by atoms with Crippen molar-refractivity contribution in [3.8, 4) is 0 Å². The number of hydrogen-bond acceptors (Lipinski definition) is 2. The van der Waals surface area contributed by atoms with Crippen molar-refractivity contribution < 1.29 is 0 Å². The Morgan fingerprint density at radius 3 is 2.74 bits per heavy atom. The number of halogens is 1. The molecular formula is C15H18ClN3. The molecule has 0 amide bonds. The molecule has 2 heterocycles. The van der Waals surface area contributed by atoms with Gasteiger partial charge in [0.2, 0.25) is 0 Å². The number of aryl methyl sites for hydroxylation is 1. The van der Waals surface area contributed by atoms with Gasteiger partial charge in [-0.2, -0.15) is 0 Å². The normalized spacial score (nSPS) is 20.9. The fraction of sp³-hybridized carbons (Fsp3) is 0.600. The number of fused-ring (bicyclic) bond motifs is 1. The molecule has 0 aromatic carbocycles. The molecule has 0 N–H and O–H groups in total. The molecule has 0 aliphatic heterocycles. The quantitative estimate of drug-likeness (QED) is 0.797. The largest absolute Gasteiger partial charge is 0.311 e. The van der Waals surface area contributed by atoms with E-state index in [1.807, 2.05) is 13.0 Å². The van der Waals surface area contributed by atoms with Gasteiger partial charge in [0.25, 0.3) is 0 Å². The van der Waals surface area contributed by atoms with Crippen LogP contribution in [0.15, 0.2) is 12.1 Å². The summed E-state index contributed by atoms with van der Waals surface area (Å²) in [6.45, 7) is 3.09. The minimum absolute atomic E-state index is 0.468. The summed E-state index contributed by atoms with van der Waals surface area (Å²) in [6, 6.07) is 4.08. The second kappa shape index (κ2) is 3.95.